The molecule has 0 saturated heterocycles. The highest BCUT2D eigenvalue weighted by molar-refractivity contribution is 6.35. The predicted molar refractivity (Wildman–Crippen MR) is 67.5 cm³/mol. The lowest BCUT2D eigenvalue weighted by Crippen LogP contribution is -2.38. The molecule has 1 heterocycles. The molecule has 2 aromatic rings. The van der Waals surface area contributed by atoms with Gasteiger partial charge in [0.1, 0.15) is 0 Å². The van der Waals surface area contributed by atoms with Crippen LogP contribution in [0.2, 0.25) is 5.02 Å². The third-order valence-corrected chi connectivity index (χ3v) is 3.00. The van der Waals surface area contributed by atoms with Crippen LogP contribution >= 0.6 is 11.6 Å². The summed E-state index contributed by atoms with van der Waals surface area (Å²) in [7, 11) is 1.54. The van der Waals surface area contributed by atoms with E-state index in [9.17, 15) is 9.59 Å². The summed E-state index contributed by atoms with van der Waals surface area (Å²) in [5.74, 6) is 0. The van der Waals surface area contributed by atoms with Crippen LogP contribution in [0.1, 0.15) is 0 Å². The molecule has 5 nitrogen and oxygen atoms in total. The Hall–Kier alpha value is -1.59. The third-order valence-electron chi connectivity index (χ3n) is 2.69. The fourth-order valence-electron chi connectivity index (χ4n) is 1.84. The van der Waals surface area contributed by atoms with E-state index in [2.05, 4.69) is 0 Å². The molecular formula is C11H12ClN3O2. The van der Waals surface area contributed by atoms with Crippen molar-refractivity contribution in [2.24, 2.45) is 12.8 Å². The van der Waals surface area contributed by atoms with Crippen molar-refractivity contribution in [1.29, 1.82) is 0 Å². The molecule has 0 spiro atoms. The Morgan fingerprint density at radius 3 is 2.65 bits per heavy atom. The average Bonchev–Trinajstić information content (AvgIpc) is 2.31. The zero-order valence-corrected chi connectivity index (χ0v) is 10.1. The van der Waals surface area contributed by atoms with Crippen molar-refractivity contribution in [2.45, 2.75) is 6.54 Å². The van der Waals surface area contributed by atoms with E-state index in [-0.39, 0.29) is 34.6 Å². The number of hydrogen-bond acceptors (Lipinski definition) is 3. The van der Waals surface area contributed by atoms with Crippen molar-refractivity contribution in [1.82, 2.24) is 9.36 Å². The van der Waals surface area contributed by atoms with E-state index >= 15 is 0 Å². The van der Waals surface area contributed by atoms with Crippen LogP contribution in [0.3, 0.4) is 0 Å². The van der Waals surface area contributed by atoms with Gasteiger partial charge in [-0.3, -0.25) is 14.3 Å². The summed E-state index contributed by atoms with van der Waals surface area (Å²) >= 11 is 5.97. The molecule has 0 atom stereocenters. The Bertz CT molecular complexity index is 687. The van der Waals surface area contributed by atoms with Crippen LogP contribution in [0.5, 0.6) is 0 Å². The maximum absolute atomic E-state index is 12.2. The molecule has 1 aromatic carbocycles. The Balaban J connectivity index is 3.02. The van der Waals surface area contributed by atoms with Crippen molar-refractivity contribution >= 4 is 22.4 Å². The largest absolute Gasteiger partial charge is 0.329 e. The van der Waals surface area contributed by atoms with E-state index in [1.165, 1.54) is 9.36 Å². The molecule has 2 N–H and O–H groups in total. The van der Waals surface area contributed by atoms with Crippen LogP contribution in [0, 0.1) is 0 Å². The molecule has 6 heteroatoms. The quantitative estimate of drug-likeness (QED) is 0.838. The first kappa shape index (κ1) is 11.9. The van der Waals surface area contributed by atoms with Gasteiger partial charge in [-0.2, -0.15) is 0 Å². The zero-order chi connectivity index (χ0) is 12.6. The summed E-state index contributed by atoms with van der Waals surface area (Å²) < 4.78 is 2.57. The fourth-order valence-corrected chi connectivity index (χ4v) is 2.10. The number of rotatable bonds is 2. The highest BCUT2D eigenvalue weighted by atomic mass is 35.5. The van der Waals surface area contributed by atoms with Crippen molar-refractivity contribution < 1.29 is 0 Å². The molecule has 17 heavy (non-hydrogen) atoms. The molecule has 0 unspecified atom stereocenters. The molecule has 2 rings (SSSR count). The second kappa shape index (κ2) is 4.35. The molecule has 0 amide bonds. The Morgan fingerprint density at radius 2 is 2.00 bits per heavy atom. The molecule has 0 bridgehead atoms. The summed E-state index contributed by atoms with van der Waals surface area (Å²) in [5, 5.41) is 0.875. The second-order valence-electron chi connectivity index (χ2n) is 3.71. The normalized spacial score (nSPS) is 11.0. The molecule has 0 fully saturated rings. The van der Waals surface area contributed by atoms with Crippen LogP contribution in [0.25, 0.3) is 10.8 Å². The van der Waals surface area contributed by atoms with Gasteiger partial charge < -0.3 is 5.73 Å². The van der Waals surface area contributed by atoms with Crippen LogP contribution in [-0.2, 0) is 13.6 Å². The first-order valence-corrected chi connectivity index (χ1v) is 5.54. The SMILES string of the molecule is Cn1c(=O)c2cccc(Cl)c2c(=O)n1CCN. The van der Waals surface area contributed by atoms with Crippen LogP contribution in [-0.4, -0.2) is 15.9 Å². The minimum absolute atomic E-state index is 0.254. The number of hydrogen-bond donors (Lipinski definition) is 1. The van der Waals surface area contributed by atoms with Gasteiger partial charge in [0.05, 0.1) is 22.3 Å². The Labute approximate surface area is 102 Å². The predicted octanol–water partition coefficient (Wildman–Crippen LogP) is 0.312. The number of nitrogens with two attached hydrogens (primary N) is 1. The van der Waals surface area contributed by atoms with Gasteiger partial charge in [0, 0.05) is 13.6 Å². The Morgan fingerprint density at radius 1 is 1.29 bits per heavy atom. The number of halogens is 1. The van der Waals surface area contributed by atoms with Gasteiger partial charge in [0.25, 0.3) is 11.1 Å². The monoisotopic (exact) mass is 253 g/mol. The summed E-state index contributed by atoms with van der Waals surface area (Å²) in [4.78, 5) is 24.2. The molecule has 0 saturated carbocycles. The third kappa shape index (κ3) is 1.77. The van der Waals surface area contributed by atoms with Gasteiger partial charge in [-0.1, -0.05) is 17.7 Å². The van der Waals surface area contributed by atoms with Crippen LogP contribution in [0.15, 0.2) is 27.8 Å². The molecule has 1 aromatic heterocycles. The van der Waals surface area contributed by atoms with Crippen molar-refractivity contribution in [2.75, 3.05) is 6.54 Å². The minimum Gasteiger partial charge on any atom is -0.329 e. The molecule has 90 valence electrons. The van der Waals surface area contributed by atoms with Crippen LogP contribution < -0.4 is 16.9 Å². The van der Waals surface area contributed by atoms with Crippen LogP contribution in [0.4, 0.5) is 0 Å². The summed E-state index contributed by atoms with van der Waals surface area (Å²) in [6, 6.07) is 4.84. The van der Waals surface area contributed by atoms with Crippen molar-refractivity contribution in [3.8, 4) is 0 Å². The molecule has 0 aliphatic rings. The lowest BCUT2D eigenvalue weighted by atomic mass is 10.2. The highest BCUT2D eigenvalue weighted by Gasteiger charge is 2.12. The van der Waals surface area contributed by atoms with E-state index in [0.29, 0.717) is 5.39 Å². The standard InChI is InChI=1S/C11H12ClN3O2/c1-14-10(16)7-3-2-4-8(12)9(7)11(17)15(14)6-5-13/h2-4H,5-6,13H2,1H3. The van der Waals surface area contributed by atoms with E-state index in [4.69, 9.17) is 17.3 Å². The van der Waals surface area contributed by atoms with Gasteiger partial charge in [0.2, 0.25) is 0 Å². The maximum atomic E-state index is 12.2. The maximum Gasteiger partial charge on any atom is 0.274 e. The topological polar surface area (TPSA) is 70.0 Å². The summed E-state index contributed by atoms with van der Waals surface area (Å²) in [6.45, 7) is 0.564. The van der Waals surface area contributed by atoms with E-state index in [1.54, 1.807) is 25.2 Å². The minimum atomic E-state index is -0.293. The number of aromatic nitrogens is 2. The van der Waals surface area contributed by atoms with E-state index < -0.39 is 0 Å². The highest BCUT2D eigenvalue weighted by Crippen LogP contribution is 2.16. The molecule has 0 aliphatic heterocycles. The first-order chi connectivity index (χ1) is 8.07. The van der Waals surface area contributed by atoms with Crippen molar-refractivity contribution in [3.63, 3.8) is 0 Å². The Kier molecular flexibility index (Phi) is 3.04. The smallest absolute Gasteiger partial charge is 0.274 e. The van der Waals surface area contributed by atoms with E-state index in [1.807, 2.05) is 0 Å². The second-order valence-corrected chi connectivity index (χ2v) is 4.12. The molecule has 0 radical (unpaired) electrons. The van der Waals surface area contributed by atoms with Gasteiger partial charge in [-0.15, -0.1) is 0 Å². The number of benzene rings is 1. The molecular weight excluding hydrogens is 242 g/mol. The number of nitrogens with zero attached hydrogens (tertiary/aromatic N) is 2. The summed E-state index contributed by atoms with van der Waals surface area (Å²) in [6.07, 6.45) is 0. The van der Waals surface area contributed by atoms with Gasteiger partial charge in [0.15, 0.2) is 0 Å². The fraction of sp³-hybridized carbons (Fsp3) is 0.273. The van der Waals surface area contributed by atoms with E-state index in [0.717, 1.165) is 0 Å². The lowest BCUT2D eigenvalue weighted by molar-refractivity contribution is 0.476. The van der Waals surface area contributed by atoms with Gasteiger partial charge >= 0.3 is 0 Å². The lowest BCUT2D eigenvalue weighted by Gasteiger charge is -2.12. The molecule has 0 aliphatic carbocycles. The van der Waals surface area contributed by atoms with Gasteiger partial charge in [-0.25, -0.2) is 4.68 Å². The zero-order valence-electron chi connectivity index (χ0n) is 9.31. The van der Waals surface area contributed by atoms with Gasteiger partial charge in [-0.05, 0) is 12.1 Å². The van der Waals surface area contributed by atoms with Crippen molar-refractivity contribution in [3.05, 3.63) is 43.9 Å². The first-order valence-electron chi connectivity index (χ1n) is 5.16. The average molecular weight is 254 g/mol. The number of fused-ring (bicyclic) bond motifs is 1. The summed E-state index contributed by atoms with van der Waals surface area (Å²) in [5.41, 5.74) is 4.87.